The standard InChI is InChI=1S/C53H32N4O.C49H30N4O/c1-3-14-34(15-4-1)44-31-40(57-46-22-12-11-21-43(46)49-41-20-10-9-16-35(41)26-28-47(49)57)32-45-42-27-25-39(30-48(42)58-50(44)45)53-55-51(36-17-5-2-6-18-36)54-52(56-53)38-24-23-33-13-7-8-19-37(33)29-38;1-3-14-32(15-4-1)41-29-37(53-43-21-11-9-19-38(43)39-20-10-12-22-44(39)53)30-42-40-26-25-36(28-45(40)54-46(41)42)49-51-47(33-16-5-2-6-17-33)50-48(52-49)35-24-23-31-13-7-8-18-34(31)27-35/h1-32H;1-30H. The van der Waals surface area contributed by atoms with Crippen molar-refractivity contribution in [2.24, 2.45) is 0 Å². The summed E-state index contributed by atoms with van der Waals surface area (Å²) in [5, 5.41) is 16.2. The maximum absolute atomic E-state index is 6.90. The fraction of sp³-hybridized carbons (Fsp3) is 0. The van der Waals surface area contributed by atoms with Gasteiger partial charge in [0.25, 0.3) is 0 Å². The van der Waals surface area contributed by atoms with Gasteiger partial charge in [-0.2, -0.15) is 0 Å². The number of hydrogen-bond acceptors (Lipinski definition) is 8. The van der Waals surface area contributed by atoms with Gasteiger partial charge in [0.05, 0.1) is 22.1 Å². The van der Waals surface area contributed by atoms with Crippen LogP contribution in [0.5, 0.6) is 0 Å². The molecule has 23 aromatic rings. The predicted molar refractivity (Wildman–Crippen MR) is 459 cm³/mol. The molecule has 112 heavy (non-hydrogen) atoms. The van der Waals surface area contributed by atoms with Crippen LogP contribution in [-0.2, 0) is 0 Å². The van der Waals surface area contributed by atoms with E-state index in [1.807, 2.05) is 66.7 Å². The van der Waals surface area contributed by atoms with Crippen LogP contribution in [0.15, 0.2) is 385 Å². The van der Waals surface area contributed by atoms with E-state index in [1.165, 1.54) is 59.6 Å². The molecule has 0 fully saturated rings. The van der Waals surface area contributed by atoms with E-state index in [9.17, 15) is 0 Å². The van der Waals surface area contributed by atoms with Crippen LogP contribution in [-0.4, -0.2) is 39.0 Å². The number of rotatable bonds is 10. The summed E-state index contributed by atoms with van der Waals surface area (Å²) < 4.78 is 18.5. The van der Waals surface area contributed by atoms with Crippen LogP contribution in [0.3, 0.4) is 0 Å². The largest absolute Gasteiger partial charge is 0.455 e. The first kappa shape index (κ1) is 64.0. The summed E-state index contributed by atoms with van der Waals surface area (Å²) in [7, 11) is 0. The van der Waals surface area contributed by atoms with E-state index in [-0.39, 0.29) is 0 Å². The molecule has 6 aromatic heterocycles. The third-order valence-electron chi connectivity index (χ3n) is 21.8. The Morgan fingerprint density at radius 1 is 0.188 bits per heavy atom. The lowest BCUT2D eigenvalue weighted by Gasteiger charge is -2.12. The number of nitrogens with zero attached hydrogens (tertiary/aromatic N) is 8. The van der Waals surface area contributed by atoms with E-state index >= 15 is 0 Å². The summed E-state index contributed by atoms with van der Waals surface area (Å²) in [5.74, 6) is 3.65. The first-order valence-corrected chi connectivity index (χ1v) is 37.6. The van der Waals surface area contributed by atoms with Gasteiger partial charge in [-0.3, -0.25) is 0 Å². The van der Waals surface area contributed by atoms with Crippen LogP contribution in [0.4, 0.5) is 0 Å². The minimum absolute atomic E-state index is 0.584. The van der Waals surface area contributed by atoms with Crippen LogP contribution < -0.4 is 0 Å². The predicted octanol–water partition coefficient (Wildman–Crippen LogP) is 26.5. The number of fused-ring (bicyclic) bond motifs is 16. The first-order chi connectivity index (χ1) is 55.5. The zero-order valence-electron chi connectivity index (χ0n) is 60.2. The second-order valence-electron chi connectivity index (χ2n) is 28.5. The normalized spacial score (nSPS) is 11.8. The summed E-state index contributed by atoms with van der Waals surface area (Å²) in [6.07, 6.45) is 0. The highest BCUT2D eigenvalue weighted by Gasteiger charge is 2.24. The summed E-state index contributed by atoms with van der Waals surface area (Å²) in [6, 6.07) is 131. The smallest absolute Gasteiger partial charge is 0.164 e. The zero-order chi connectivity index (χ0) is 73.7. The minimum atomic E-state index is 0.584. The van der Waals surface area contributed by atoms with Crippen LogP contribution >= 0.6 is 0 Å². The van der Waals surface area contributed by atoms with Crippen molar-refractivity contribution < 1.29 is 8.83 Å². The lowest BCUT2D eigenvalue weighted by molar-refractivity contribution is 0.669. The second-order valence-corrected chi connectivity index (χ2v) is 28.5. The maximum atomic E-state index is 6.90. The fourth-order valence-electron chi connectivity index (χ4n) is 16.5. The minimum Gasteiger partial charge on any atom is -0.455 e. The van der Waals surface area contributed by atoms with Crippen LogP contribution in [0, 0.1) is 0 Å². The molecule has 0 aliphatic carbocycles. The molecule has 0 aliphatic rings. The molecule has 522 valence electrons. The van der Waals surface area contributed by atoms with Gasteiger partial charge in [0, 0.05) is 99.0 Å². The topological polar surface area (TPSA) is 113 Å². The Balaban J connectivity index is 0.000000138. The van der Waals surface area contributed by atoms with Crippen molar-refractivity contribution in [3.8, 4) is 102 Å². The van der Waals surface area contributed by atoms with Gasteiger partial charge in [-0.1, -0.05) is 291 Å². The molecule has 6 heterocycles. The fourth-order valence-corrected chi connectivity index (χ4v) is 16.5. The van der Waals surface area contributed by atoms with E-state index in [4.69, 9.17) is 38.7 Å². The van der Waals surface area contributed by atoms with Crippen molar-refractivity contribution in [2.75, 3.05) is 0 Å². The number of aromatic nitrogens is 8. The van der Waals surface area contributed by atoms with Gasteiger partial charge in [-0.25, -0.2) is 29.9 Å². The Bertz CT molecular complexity index is 7640. The summed E-state index contributed by atoms with van der Waals surface area (Å²) >= 11 is 0. The lowest BCUT2D eigenvalue weighted by Crippen LogP contribution is -2.00. The monoisotopic (exact) mass is 1430 g/mol. The third kappa shape index (κ3) is 10.9. The average molecular weight is 1430 g/mol. The molecule has 0 unspecified atom stereocenters. The lowest BCUT2D eigenvalue weighted by atomic mass is 10.0. The van der Waals surface area contributed by atoms with Crippen LogP contribution in [0.25, 0.3) is 222 Å². The molecule has 0 radical (unpaired) electrons. The summed E-state index contributed by atoms with van der Waals surface area (Å²) in [5.41, 5.74) is 19.7. The Morgan fingerprint density at radius 3 is 0.955 bits per heavy atom. The SMILES string of the molecule is c1ccc(-c2nc(-c3ccc4ccccc4c3)nc(-c3ccc4c(c3)oc3c(-c5ccccc5)cc(-n5c6ccccc6c6c7ccccc7ccc65)cc34)n2)cc1.c1ccc(-c2nc(-c3ccc4ccccc4c3)nc(-c3ccc4c(c3)oc3c(-c5ccccc5)cc(-n5c6ccccc6c6ccccc65)cc34)n2)cc1. The van der Waals surface area contributed by atoms with Gasteiger partial charge in [0.15, 0.2) is 34.9 Å². The Hall–Kier alpha value is -15.3. The van der Waals surface area contributed by atoms with E-state index in [0.717, 1.165) is 127 Å². The van der Waals surface area contributed by atoms with Crippen LogP contribution in [0.2, 0.25) is 0 Å². The van der Waals surface area contributed by atoms with Gasteiger partial charge in [-0.05, 0) is 128 Å². The quantitative estimate of drug-likeness (QED) is 0.133. The molecule has 0 atom stereocenters. The Labute approximate surface area is 641 Å². The van der Waals surface area contributed by atoms with E-state index in [1.54, 1.807) is 0 Å². The van der Waals surface area contributed by atoms with Crippen molar-refractivity contribution >= 4 is 120 Å². The van der Waals surface area contributed by atoms with Crippen molar-refractivity contribution in [1.29, 1.82) is 0 Å². The summed E-state index contributed by atoms with van der Waals surface area (Å²) in [6.45, 7) is 0. The summed E-state index contributed by atoms with van der Waals surface area (Å²) in [4.78, 5) is 30.2. The highest BCUT2D eigenvalue weighted by atomic mass is 16.3. The van der Waals surface area contributed by atoms with E-state index < -0.39 is 0 Å². The molecule has 0 saturated heterocycles. The number of hydrogen-bond donors (Lipinski definition) is 0. The van der Waals surface area contributed by atoms with Crippen molar-refractivity contribution in [2.45, 2.75) is 0 Å². The molecule has 17 aromatic carbocycles. The molecule has 0 saturated carbocycles. The molecule has 0 N–H and O–H groups in total. The van der Waals surface area contributed by atoms with Crippen molar-refractivity contribution in [3.05, 3.63) is 376 Å². The molecular weight excluding hydrogens is 1370 g/mol. The Morgan fingerprint density at radius 2 is 0.509 bits per heavy atom. The molecule has 0 aliphatic heterocycles. The van der Waals surface area contributed by atoms with E-state index in [0.29, 0.717) is 34.9 Å². The van der Waals surface area contributed by atoms with Gasteiger partial charge in [-0.15, -0.1) is 0 Å². The van der Waals surface area contributed by atoms with Gasteiger partial charge in [0.2, 0.25) is 0 Å². The van der Waals surface area contributed by atoms with E-state index in [2.05, 4.69) is 319 Å². The molecule has 23 rings (SSSR count). The van der Waals surface area contributed by atoms with Gasteiger partial charge in [0.1, 0.15) is 22.3 Å². The number of para-hydroxylation sites is 3. The molecule has 10 nitrogen and oxygen atoms in total. The third-order valence-corrected chi connectivity index (χ3v) is 21.8. The number of furan rings is 2. The zero-order valence-corrected chi connectivity index (χ0v) is 60.2. The second kappa shape index (κ2) is 26.3. The molecule has 0 bridgehead atoms. The molecule has 10 heteroatoms. The van der Waals surface area contributed by atoms with Gasteiger partial charge < -0.3 is 18.0 Å². The maximum Gasteiger partial charge on any atom is 0.164 e. The van der Waals surface area contributed by atoms with Crippen molar-refractivity contribution in [1.82, 2.24) is 39.0 Å². The molecule has 0 spiro atoms. The average Bonchev–Trinajstić information content (AvgIpc) is 1.56. The number of benzene rings is 17. The Kier molecular flexibility index (Phi) is 15.0. The van der Waals surface area contributed by atoms with Crippen LogP contribution in [0.1, 0.15) is 0 Å². The molecular formula is C102H62N8O2. The highest BCUT2D eigenvalue weighted by molar-refractivity contribution is 6.22. The molecule has 0 amide bonds. The highest BCUT2D eigenvalue weighted by Crippen LogP contribution is 2.46. The van der Waals surface area contributed by atoms with Gasteiger partial charge >= 0.3 is 0 Å². The van der Waals surface area contributed by atoms with Crippen molar-refractivity contribution in [3.63, 3.8) is 0 Å². The first-order valence-electron chi connectivity index (χ1n) is 37.6.